The Labute approximate surface area is 106 Å². The highest BCUT2D eigenvalue weighted by molar-refractivity contribution is 5.80. The van der Waals surface area contributed by atoms with Gasteiger partial charge in [-0.1, -0.05) is 0 Å². The van der Waals surface area contributed by atoms with E-state index in [2.05, 4.69) is 25.9 Å². The van der Waals surface area contributed by atoms with Crippen molar-refractivity contribution in [3.8, 4) is 0 Å². The van der Waals surface area contributed by atoms with E-state index in [-0.39, 0.29) is 12.5 Å². The molecule has 0 aliphatic heterocycles. The molecule has 1 aromatic heterocycles. The fraction of sp³-hybridized carbons (Fsp3) is 0.545. The van der Waals surface area contributed by atoms with Gasteiger partial charge in [0.25, 0.3) is 0 Å². The quantitative estimate of drug-likeness (QED) is 0.569. The van der Waals surface area contributed by atoms with Crippen LogP contribution in [0.3, 0.4) is 0 Å². The van der Waals surface area contributed by atoms with Crippen molar-refractivity contribution in [2.75, 3.05) is 44.0 Å². The fourth-order valence-corrected chi connectivity index (χ4v) is 1.26. The summed E-state index contributed by atoms with van der Waals surface area (Å²) in [5, 5.41) is 8.70. The second kappa shape index (κ2) is 8.24. The van der Waals surface area contributed by atoms with Gasteiger partial charge in [-0.2, -0.15) is 0 Å². The zero-order chi connectivity index (χ0) is 13.2. The van der Waals surface area contributed by atoms with Gasteiger partial charge in [0.05, 0.1) is 13.2 Å². The standard InChI is InChI=1S/C11H19N5O2/c1-3-12-9-6-10(16-8-15-9)14-7-11(17)13-4-5-18-2/h6,8H,3-5,7H2,1-2H3,(H,13,17)(H2,12,14,15,16). The first-order chi connectivity index (χ1) is 8.76. The molecule has 7 nitrogen and oxygen atoms in total. The summed E-state index contributed by atoms with van der Waals surface area (Å²) in [5.74, 6) is 1.24. The first-order valence-electron chi connectivity index (χ1n) is 5.81. The topological polar surface area (TPSA) is 88.2 Å². The van der Waals surface area contributed by atoms with E-state index in [1.807, 2.05) is 6.92 Å². The predicted octanol–water partition coefficient (Wildman–Crippen LogP) is 0.0829. The third kappa shape index (κ3) is 5.44. The van der Waals surface area contributed by atoms with Gasteiger partial charge >= 0.3 is 0 Å². The van der Waals surface area contributed by atoms with Crippen LogP contribution in [0, 0.1) is 0 Å². The number of anilines is 2. The average molecular weight is 253 g/mol. The van der Waals surface area contributed by atoms with Gasteiger partial charge in [0.15, 0.2) is 0 Å². The zero-order valence-corrected chi connectivity index (χ0v) is 10.7. The molecule has 1 aromatic rings. The van der Waals surface area contributed by atoms with Crippen LogP contribution in [0.4, 0.5) is 11.6 Å². The van der Waals surface area contributed by atoms with Crippen LogP contribution < -0.4 is 16.0 Å². The summed E-state index contributed by atoms with van der Waals surface area (Å²) in [6.07, 6.45) is 1.45. The maximum atomic E-state index is 11.4. The van der Waals surface area contributed by atoms with Crippen LogP contribution in [-0.4, -0.2) is 49.2 Å². The average Bonchev–Trinajstić information content (AvgIpc) is 2.38. The number of carbonyl (C=O) groups excluding carboxylic acids is 1. The van der Waals surface area contributed by atoms with E-state index in [1.54, 1.807) is 13.2 Å². The summed E-state index contributed by atoms with van der Waals surface area (Å²) in [5.41, 5.74) is 0. The van der Waals surface area contributed by atoms with Crippen molar-refractivity contribution in [2.24, 2.45) is 0 Å². The van der Waals surface area contributed by atoms with Crippen molar-refractivity contribution in [1.82, 2.24) is 15.3 Å². The van der Waals surface area contributed by atoms with Gasteiger partial charge < -0.3 is 20.7 Å². The molecule has 100 valence electrons. The van der Waals surface area contributed by atoms with Crippen LogP contribution in [-0.2, 0) is 9.53 Å². The van der Waals surface area contributed by atoms with Crippen LogP contribution in [0.5, 0.6) is 0 Å². The minimum atomic E-state index is -0.101. The van der Waals surface area contributed by atoms with Crippen LogP contribution in [0.25, 0.3) is 0 Å². The van der Waals surface area contributed by atoms with Gasteiger partial charge in [-0.25, -0.2) is 9.97 Å². The number of carbonyl (C=O) groups is 1. The summed E-state index contributed by atoms with van der Waals surface area (Å²) in [7, 11) is 1.59. The highest BCUT2D eigenvalue weighted by Crippen LogP contribution is 2.07. The number of rotatable bonds is 8. The first kappa shape index (κ1) is 14.2. The summed E-state index contributed by atoms with van der Waals surface area (Å²) >= 11 is 0. The second-order valence-corrected chi connectivity index (χ2v) is 3.52. The Morgan fingerprint density at radius 3 is 2.72 bits per heavy atom. The van der Waals surface area contributed by atoms with Crippen molar-refractivity contribution in [2.45, 2.75) is 6.92 Å². The van der Waals surface area contributed by atoms with Crippen molar-refractivity contribution in [3.05, 3.63) is 12.4 Å². The molecule has 0 spiro atoms. The molecule has 1 rings (SSSR count). The SMILES string of the molecule is CCNc1cc(NCC(=O)NCCOC)ncn1. The summed E-state index contributed by atoms with van der Waals surface area (Å²) in [6.45, 7) is 3.95. The third-order valence-electron chi connectivity index (χ3n) is 2.08. The number of methoxy groups -OCH3 is 1. The monoisotopic (exact) mass is 253 g/mol. The lowest BCUT2D eigenvalue weighted by atomic mass is 10.4. The largest absolute Gasteiger partial charge is 0.383 e. The third-order valence-corrected chi connectivity index (χ3v) is 2.08. The molecule has 18 heavy (non-hydrogen) atoms. The molecule has 0 atom stereocenters. The molecule has 0 saturated carbocycles. The molecule has 0 saturated heterocycles. The molecule has 3 N–H and O–H groups in total. The zero-order valence-electron chi connectivity index (χ0n) is 10.7. The summed E-state index contributed by atoms with van der Waals surface area (Å²) in [6, 6.07) is 1.76. The maximum Gasteiger partial charge on any atom is 0.239 e. The van der Waals surface area contributed by atoms with E-state index < -0.39 is 0 Å². The molecular weight excluding hydrogens is 234 g/mol. The minimum Gasteiger partial charge on any atom is -0.383 e. The van der Waals surface area contributed by atoms with Gasteiger partial charge in [0.2, 0.25) is 5.91 Å². The van der Waals surface area contributed by atoms with E-state index in [0.717, 1.165) is 12.4 Å². The highest BCUT2D eigenvalue weighted by Gasteiger charge is 2.02. The molecule has 0 radical (unpaired) electrons. The molecule has 0 bridgehead atoms. The molecule has 0 aliphatic rings. The Morgan fingerprint density at radius 2 is 2.06 bits per heavy atom. The number of ether oxygens (including phenoxy) is 1. The molecular formula is C11H19N5O2. The summed E-state index contributed by atoms with van der Waals surface area (Å²) < 4.78 is 4.83. The van der Waals surface area contributed by atoms with Gasteiger partial charge in [0.1, 0.15) is 18.0 Å². The van der Waals surface area contributed by atoms with Crippen LogP contribution >= 0.6 is 0 Å². The molecule has 0 aromatic carbocycles. The molecule has 1 heterocycles. The lowest BCUT2D eigenvalue weighted by molar-refractivity contribution is -0.119. The molecule has 1 amide bonds. The van der Waals surface area contributed by atoms with E-state index in [4.69, 9.17) is 4.74 Å². The van der Waals surface area contributed by atoms with E-state index in [0.29, 0.717) is 19.0 Å². The number of nitrogens with one attached hydrogen (secondary N) is 3. The van der Waals surface area contributed by atoms with Gasteiger partial charge in [-0.3, -0.25) is 4.79 Å². The Morgan fingerprint density at radius 1 is 1.33 bits per heavy atom. The van der Waals surface area contributed by atoms with Crippen LogP contribution in [0.2, 0.25) is 0 Å². The highest BCUT2D eigenvalue weighted by atomic mass is 16.5. The number of hydrogen-bond acceptors (Lipinski definition) is 6. The molecule has 0 fully saturated rings. The van der Waals surface area contributed by atoms with Crippen molar-refractivity contribution < 1.29 is 9.53 Å². The van der Waals surface area contributed by atoms with Gasteiger partial charge in [-0.05, 0) is 6.92 Å². The van der Waals surface area contributed by atoms with Crippen LogP contribution in [0.15, 0.2) is 12.4 Å². The fourth-order valence-electron chi connectivity index (χ4n) is 1.26. The Bertz CT molecular complexity index is 372. The Kier molecular flexibility index (Phi) is 6.49. The molecule has 0 aliphatic carbocycles. The molecule has 0 unspecified atom stereocenters. The Balaban J connectivity index is 2.33. The van der Waals surface area contributed by atoms with Crippen molar-refractivity contribution >= 4 is 17.5 Å². The Hall–Kier alpha value is -1.89. The lowest BCUT2D eigenvalue weighted by Crippen LogP contribution is -2.32. The minimum absolute atomic E-state index is 0.101. The predicted molar refractivity (Wildman–Crippen MR) is 69.6 cm³/mol. The smallest absolute Gasteiger partial charge is 0.239 e. The summed E-state index contributed by atoms with van der Waals surface area (Å²) in [4.78, 5) is 19.5. The first-order valence-corrected chi connectivity index (χ1v) is 5.81. The second-order valence-electron chi connectivity index (χ2n) is 3.52. The molecule has 7 heteroatoms. The number of nitrogens with zero attached hydrogens (tertiary/aromatic N) is 2. The number of hydrogen-bond donors (Lipinski definition) is 3. The number of aromatic nitrogens is 2. The normalized spacial score (nSPS) is 9.89. The van der Waals surface area contributed by atoms with Crippen molar-refractivity contribution in [3.63, 3.8) is 0 Å². The van der Waals surface area contributed by atoms with E-state index in [9.17, 15) is 4.79 Å². The van der Waals surface area contributed by atoms with E-state index >= 15 is 0 Å². The van der Waals surface area contributed by atoms with E-state index in [1.165, 1.54) is 6.33 Å². The number of amides is 1. The lowest BCUT2D eigenvalue weighted by Gasteiger charge is -2.08. The van der Waals surface area contributed by atoms with Crippen LogP contribution in [0.1, 0.15) is 6.92 Å². The van der Waals surface area contributed by atoms with Crippen molar-refractivity contribution in [1.29, 1.82) is 0 Å². The maximum absolute atomic E-state index is 11.4. The van der Waals surface area contributed by atoms with Gasteiger partial charge in [0, 0.05) is 26.3 Å². The van der Waals surface area contributed by atoms with Gasteiger partial charge in [-0.15, -0.1) is 0 Å².